The van der Waals surface area contributed by atoms with Gasteiger partial charge in [-0.05, 0) is 50.6 Å². The number of nitrogens with one attached hydrogen (secondary N) is 2. The molecule has 0 radical (unpaired) electrons. The molecule has 24 heavy (non-hydrogen) atoms. The third-order valence-electron chi connectivity index (χ3n) is 3.61. The van der Waals surface area contributed by atoms with E-state index in [9.17, 15) is 14.0 Å². The summed E-state index contributed by atoms with van der Waals surface area (Å²) in [5, 5.41) is 5.41. The summed E-state index contributed by atoms with van der Waals surface area (Å²) < 4.78 is 13.4. The van der Waals surface area contributed by atoms with Crippen LogP contribution in [0, 0.1) is 26.6 Å². The van der Waals surface area contributed by atoms with E-state index in [1.807, 2.05) is 32.0 Å². The van der Waals surface area contributed by atoms with E-state index in [0.29, 0.717) is 17.7 Å². The molecule has 0 saturated carbocycles. The Morgan fingerprint density at radius 1 is 0.833 bits per heavy atom. The Balaban J connectivity index is 1.82. The van der Waals surface area contributed by atoms with Gasteiger partial charge in [-0.15, -0.1) is 0 Å². The fourth-order valence-corrected chi connectivity index (χ4v) is 2.40. The molecule has 5 heteroatoms. The molecule has 0 atom stereocenters. The van der Waals surface area contributed by atoms with E-state index >= 15 is 0 Å². The topological polar surface area (TPSA) is 58.2 Å². The lowest BCUT2D eigenvalue weighted by Crippen LogP contribution is -2.34. The number of carbonyl (C=O) groups excluding carboxylic acids is 2. The van der Waals surface area contributed by atoms with Crippen molar-refractivity contribution < 1.29 is 14.0 Å². The van der Waals surface area contributed by atoms with Gasteiger partial charge < -0.3 is 10.6 Å². The zero-order valence-electron chi connectivity index (χ0n) is 14.1. The van der Waals surface area contributed by atoms with Crippen LogP contribution < -0.4 is 10.6 Å². The Morgan fingerprint density at radius 2 is 1.38 bits per heavy atom. The number of carbonyl (C=O) groups is 2. The summed E-state index contributed by atoms with van der Waals surface area (Å²) in [6.07, 6.45) is 0. The standard InChI is InChI=1S/C19H21FN2O2/c1-12-8-13(2)10-16(9-12)19(24)22-7-6-21-18(23)15-5-4-14(3)17(20)11-15/h4-5,8-11H,6-7H2,1-3H3,(H,21,23)(H,22,24). The summed E-state index contributed by atoms with van der Waals surface area (Å²) in [7, 11) is 0. The van der Waals surface area contributed by atoms with Crippen LogP contribution >= 0.6 is 0 Å². The highest BCUT2D eigenvalue weighted by Gasteiger charge is 2.09. The van der Waals surface area contributed by atoms with Gasteiger partial charge in [0.25, 0.3) is 11.8 Å². The van der Waals surface area contributed by atoms with Crippen LogP contribution in [-0.2, 0) is 0 Å². The van der Waals surface area contributed by atoms with Crippen molar-refractivity contribution >= 4 is 11.8 Å². The van der Waals surface area contributed by atoms with Gasteiger partial charge in [-0.1, -0.05) is 23.3 Å². The molecule has 2 aromatic rings. The second-order valence-corrected chi connectivity index (χ2v) is 5.85. The van der Waals surface area contributed by atoms with Crippen LogP contribution in [0.25, 0.3) is 0 Å². The molecule has 0 aromatic heterocycles. The van der Waals surface area contributed by atoms with Crippen molar-refractivity contribution in [3.8, 4) is 0 Å². The molecule has 0 aliphatic rings. The van der Waals surface area contributed by atoms with Crippen LogP contribution in [0.3, 0.4) is 0 Å². The first-order valence-electron chi connectivity index (χ1n) is 7.77. The van der Waals surface area contributed by atoms with Gasteiger partial charge >= 0.3 is 0 Å². The quantitative estimate of drug-likeness (QED) is 0.829. The summed E-state index contributed by atoms with van der Waals surface area (Å²) in [6.45, 7) is 6.08. The summed E-state index contributed by atoms with van der Waals surface area (Å²) in [5.74, 6) is -0.960. The van der Waals surface area contributed by atoms with E-state index < -0.39 is 5.82 Å². The molecule has 0 aliphatic heterocycles. The van der Waals surface area contributed by atoms with Crippen molar-refractivity contribution in [3.05, 3.63) is 70.0 Å². The van der Waals surface area contributed by atoms with Gasteiger partial charge in [0, 0.05) is 24.2 Å². The average Bonchev–Trinajstić information content (AvgIpc) is 2.52. The van der Waals surface area contributed by atoms with E-state index in [2.05, 4.69) is 10.6 Å². The number of hydrogen-bond acceptors (Lipinski definition) is 2. The van der Waals surface area contributed by atoms with E-state index in [4.69, 9.17) is 0 Å². The first-order valence-corrected chi connectivity index (χ1v) is 7.77. The third-order valence-corrected chi connectivity index (χ3v) is 3.61. The van der Waals surface area contributed by atoms with Gasteiger partial charge in [0.05, 0.1) is 0 Å². The first-order chi connectivity index (χ1) is 11.4. The Kier molecular flexibility index (Phi) is 5.68. The molecule has 2 rings (SSSR count). The molecule has 2 amide bonds. The molecular formula is C19H21FN2O2. The highest BCUT2D eigenvalue weighted by atomic mass is 19.1. The van der Waals surface area contributed by atoms with Crippen LogP contribution in [0.4, 0.5) is 4.39 Å². The average molecular weight is 328 g/mol. The lowest BCUT2D eigenvalue weighted by molar-refractivity contribution is 0.0927. The zero-order chi connectivity index (χ0) is 17.7. The van der Waals surface area contributed by atoms with Gasteiger partial charge in [-0.25, -0.2) is 4.39 Å². The second-order valence-electron chi connectivity index (χ2n) is 5.85. The summed E-state index contributed by atoms with van der Waals surface area (Å²) in [6, 6.07) is 9.97. The highest BCUT2D eigenvalue weighted by molar-refractivity contribution is 5.95. The summed E-state index contributed by atoms with van der Waals surface area (Å²) in [4.78, 5) is 24.0. The number of hydrogen-bond donors (Lipinski definition) is 2. The Hall–Kier alpha value is -2.69. The molecule has 2 aromatic carbocycles. The van der Waals surface area contributed by atoms with E-state index in [1.54, 1.807) is 19.1 Å². The monoisotopic (exact) mass is 328 g/mol. The van der Waals surface area contributed by atoms with Crippen LogP contribution in [0.2, 0.25) is 0 Å². The van der Waals surface area contributed by atoms with Crippen LogP contribution in [0.5, 0.6) is 0 Å². The maximum absolute atomic E-state index is 13.4. The van der Waals surface area contributed by atoms with E-state index in [-0.39, 0.29) is 23.9 Å². The molecule has 4 nitrogen and oxygen atoms in total. The minimum atomic E-state index is -0.411. The molecule has 0 heterocycles. The summed E-state index contributed by atoms with van der Waals surface area (Å²) >= 11 is 0. The minimum Gasteiger partial charge on any atom is -0.350 e. The van der Waals surface area contributed by atoms with Crippen molar-refractivity contribution in [2.75, 3.05) is 13.1 Å². The van der Waals surface area contributed by atoms with Gasteiger partial charge in [-0.2, -0.15) is 0 Å². The van der Waals surface area contributed by atoms with E-state index in [1.165, 1.54) is 6.07 Å². The fraction of sp³-hybridized carbons (Fsp3) is 0.263. The van der Waals surface area contributed by atoms with Gasteiger partial charge in [0.2, 0.25) is 0 Å². The Morgan fingerprint density at radius 3 is 1.92 bits per heavy atom. The predicted octanol–water partition coefficient (Wildman–Crippen LogP) is 2.91. The van der Waals surface area contributed by atoms with Gasteiger partial charge in [-0.3, -0.25) is 9.59 Å². The molecule has 0 unspecified atom stereocenters. The fourth-order valence-electron chi connectivity index (χ4n) is 2.40. The molecular weight excluding hydrogens is 307 g/mol. The van der Waals surface area contributed by atoms with Crippen molar-refractivity contribution in [1.82, 2.24) is 10.6 Å². The number of aryl methyl sites for hydroxylation is 3. The van der Waals surface area contributed by atoms with Gasteiger partial charge in [0.15, 0.2) is 0 Å². The van der Waals surface area contributed by atoms with Crippen molar-refractivity contribution in [3.63, 3.8) is 0 Å². The number of halogens is 1. The van der Waals surface area contributed by atoms with Crippen LogP contribution in [-0.4, -0.2) is 24.9 Å². The minimum absolute atomic E-state index is 0.183. The molecule has 0 spiro atoms. The van der Waals surface area contributed by atoms with Gasteiger partial charge in [0.1, 0.15) is 5.82 Å². The van der Waals surface area contributed by atoms with Crippen molar-refractivity contribution in [1.29, 1.82) is 0 Å². The lowest BCUT2D eigenvalue weighted by atomic mass is 10.1. The van der Waals surface area contributed by atoms with Crippen molar-refractivity contribution in [2.45, 2.75) is 20.8 Å². The lowest BCUT2D eigenvalue weighted by Gasteiger charge is -2.09. The number of amides is 2. The summed E-state index contributed by atoms with van der Waals surface area (Å²) in [5.41, 5.74) is 3.40. The first kappa shape index (κ1) is 17.7. The van der Waals surface area contributed by atoms with Crippen LogP contribution in [0.15, 0.2) is 36.4 Å². The largest absolute Gasteiger partial charge is 0.350 e. The maximum Gasteiger partial charge on any atom is 0.251 e. The normalized spacial score (nSPS) is 10.3. The zero-order valence-corrected chi connectivity index (χ0v) is 14.1. The molecule has 0 aliphatic carbocycles. The molecule has 0 fully saturated rings. The predicted molar refractivity (Wildman–Crippen MR) is 91.7 cm³/mol. The maximum atomic E-state index is 13.4. The van der Waals surface area contributed by atoms with Crippen LogP contribution in [0.1, 0.15) is 37.4 Å². The molecule has 2 N–H and O–H groups in total. The Labute approximate surface area is 141 Å². The second kappa shape index (κ2) is 7.73. The Bertz CT molecular complexity index is 752. The molecule has 0 bridgehead atoms. The van der Waals surface area contributed by atoms with E-state index in [0.717, 1.165) is 11.1 Å². The third kappa shape index (κ3) is 4.65. The SMILES string of the molecule is Cc1cc(C)cc(C(=O)NCCNC(=O)c2ccc(C)c(F)c2)c1. The number of benzene rings is 2. The highest BCUT2D eigenvalue weighted by Crippen LogP contribution is 2.09. The number of rotatable bonds is 5. The molecule has 126 valence electrons. The molecule has 0 saturated heterocycles. The van der Waals surface area contributed by atoms with Crippen molar-refractivity contribution in [2.24, 2.45) is 0 Å². The smallest absolute Gasteiger partial charge is 0.251 e.